The molecule has 1 amide bonds. The van der Waals surface area contributed by atoms with E-state index in [0.29, 0.717) is 30.5 Å². The zero-order chi connectivity index (χ0) is 24.3. The second-order valence-corrected chi connectivity index (χ2v) is 10.5. The van der Waals surface area contributed by atoms with Crippen LogP contribution >= 0.6 is 11.6 Å². The maximum absolute atomic E-state index is 13.5. The number of sulfonamides is 1. The normalized spacial score (nSPS) is 15.1. The number of amides is 1. The Morgan fingerprint density at radius 2 is 1.76 bits per heavy atom. The van der Waals surface area contributed by atoms with E-state index in [1.165, 1.54) is 22.5 Å². The van der Waals surface area contributed by atoms with Crippen LogP contribution in [0.3, 0.4) is 0 Å². The van der Waals surface area contributed by atoms with Crippen molar-refractivity contribution in [1.82, 2.24) is 9.29 Å². The van der Waals surface area contributed by atoms with E-state index in [-0.39, 0.29) is 40.5 Å². The van der Waals surface area contributed by atoms with Crippen LogP contribution in [0.4, 0.5) is 5.82 Å². The Bertz CT molecular complexity index is 1310. The molecule has 1 saturated heterocycles. The first-order chi connectivity index (χ1) is 16.3. The Morgan fingerprint density at radius 1 is 1.06 bits per heavy atom. The Kier molecular flexibility index (Phi) is 7.11. The third-order valence-corrected chi connectivity index (χ3v) is 8.11. The first-order valence-corrected chi connectivity index (χ1v) is 12.7. The van der Waals surface area contributed by atoms with Gasteiger partial charge in [-0.3, -0.25) is 14.5 Å². The van der Waals surface area contributed by atoms with E-state index in [4.69, 9.17) is 11.6 Å². The monoisotopic (exact) mass is 497 g/mol. The number of aldehydes is 1. The molecular weight excluding hydrogens is 474 g/mol. The molecule has 9 heteroatoms. The number of benzene rings is 2. The number of hydrogen-bond donors (Lipinski definition) is 0. The lowest BCUT2D eigenvalue weighted by atomic mass is 10.0. The van der Waals surface area contributed by atoms with Crippen molar-refractivity contribution < 1.29 is 18.0 Å². The van der Waals surface area contributed by atoms with Gasteiger partial charge < -0.3 is 0 Å². The number of rotatable bonds is 6. The van der Waals surface area contributed by atoms with Crippen molar-refractivity contribution in [2.45, 2.75) is 30.7 Å². The molecule has 3 aromatic rings. The van der Waals surface area contributed by atoms with Crippen molar-refractivity contribution in [3.63, 3.8) is 0 Å². The molecule has 0 spiro atoms. The Hall–Kier alpha value is -3.07. The SMILES string of the molecule is Cc1cccc(N(C(=O)c2ccccc2)C2CCN(S(=O)(=O)c3ccc(C=O)c(Cl)c3)CC2)n1. The summed E-state index contributed by atoms with van der Waals surface area (Å²) in [6.07, 6.45) is 1.49. The van der Waals surface area contributed by atoms with E-state index >= 15 is 0 Å². The highest BCUT2D eigenvalue weighted by Gasteiger charge is 2.35. The van der Waals surface area contributed by atoms with Gasteiger partial charge in [0.1, 0.15) is 5.82 Å². The van der Waals surface area contributed by atoms with Gasteiger partial charge >= 0.3 is 0 Å². The van der Waals surface area contributed by atoms with Gasteiger partial charge in [0.15, 0.2) is 6.29 Å². The second kappa shape index (κ2) is 10.0. The van der Waals surface area contributed by atoms with Gasteiger partial charge in [-0.1, -0.05) is 35.9 Å². The predicted octanol–water partition coefficient (Wildman–Crippen LogP) is 4.36. The zero-order valence-electron chi connectivity index (χ0n) is 18.6. The Morgan fingerprint density at radius 3 is 2.38 bits per heavy atom. The molecule has 1 aliphatic rings. The molecule has 2 heterocycles. The lowest BCUT2D eigenvalue weighted by Crippen LogP contribution is -2.49. The van der Waals surface area contributed by atoms with Crippen LogP contribution in [0.2, 0.25) is 5.02 Å². The third kappa shape index (κ3) is 4.89. The second-order valence-electron chi connectivity index (χ2n) is 8.11. The van der Waals surface area contributed by atoms with Gasteiger partial charge in [-0.05, 0) is 62.2 Å². The lowest BCUT2D eigenvalue weighted by Gasteiger charge is -2.37. The summed E-state index contributed by atoms with van der Waals surface area (Å²) >= 11 is 6.05. The molecule has 1 aliphatic heterocycles. The van der Waals surface area contributed by atoms with Crippen LogP contribution < -0.4 is 4.90 Å². The van der Waals surface area contributed by atoms with Crippen molar-refractivity contribution in [1.29, 1.82) is 0 Å². The summed E-state index contributed by atoms with van der Waals surface area (Å²) in [6, 6.07) is 18.4. The summed E-state index contributed by atoms with van der Waals surface area (Å²) in [4.78, 5) is 30.8. The van der Waals surface area contributed by atoms with Crippen LogP contribution in [0, 0.1) is 6.92 Å². The fourth-order valence-electron chi connectivity index (χ4n) is 4.09. The van der Waals surface area contributed by atoms with E-state index < -0.39 is 10.0 Å². The predicted molar refractivity (Wildman–Crippen MR) is 131 cm³/mol. The van der Waals surface area contributed by atoms with E-state index in [9.17, 15) is 18.0 Å². The zero-order valence-corrected chi connectivity index (χ0v) is 20.2. The fraction of sp³-hybridized carbons (Fsp3) is 0.240. The molecule has 7 nitrogen and oxygen atoms in total. The maximum atomic E-state index is 13.5. The highest BCUT2D eigenvalue weighted by atomic mass is 35.5. The highest BCUT2D eigenvalue weighted by molar-refractivity contribution is 7.89. The van der Waals surface area contributed by atoms with Crippen LogP contribution in [0.25, 0.3) is 0 Å². The minimum absolute atomic E-state index is 0.0409. The van der Waals surface area contributed by atoms with E-state index in [1.54, 1.807) is 23.1 Å². The molecule has 1 fully saturated rings. The van der Waals surface area contributed by atoms with Crippen LogP contribution in [-0.4, -0.2) is 49.0 Å². The van der Waals surface area contributed by atoms with Gasteiger partial charge in [0.2, 0.25) is 10.0 Å². The standard InChI is InChI=1S/C25H24ClN3O4S/c1-18-6-5-9-24(27-18)29(25(31)19-7-3-2-4-8-19)21-12-14-28(15-13-21)34(32,33)22-11-10-20(17-30)23(26)16-22/h2-11,16-17,21H,12-15H2,1H3. The number of aromatic nitrogens is 1. The summed E-state index contributed by atoms with van der Waals surface area (Å²) < 4.78 is 27.7. The van der Waals surface area contributed by atoms with Gasteiger partial charge in [0.25, 0.3) is 5.91 Å². The number of piperidine rings is 1. The molecule has 0 aliphatic carbocycles. The van der Waals surface area contributed by atoms with Crippen molar-refractivity contribution >= 4 is 39.6 Å². The molecule has 34 heavy (non-hydrogen) atoms. The molecule has 0 saturated carbocycles. The Balaban J connectivity index is 1.58. The van der Waals surface area contributed by atoms with Crippen molar-refractivity contribution in [2.24, 2.45) is 0 Å². The quantitative estimate of drug-likeness (QED) is 0.472. The minimum atomic E-state index is -3.79. The lowest BCUT2D eigenvalue weighted by molar-refractivity contribution is 0.0966. The summed E-state index contributed by atoms with van der Waals surface area (Å²) in [7, 11) is -3.79. The molecule has 0 N–H and O–H groups in total. The number of carbonyl (C=O) groups is 2. The van der Waals surface area contributed by atoms with Crippen LogP contribution in [0.15, 0.2) is 71.6 Å². The molecule has 1 aromatic heterocycles. The highest BCUT2D eigenvalue weighted by Crippen LogP contribution is 2.29. The molecule has 0 bridgehead atoms. The van der Waals surface area contributed by atoms with Crippen LogP contribution in [-0.2, 0) is 10.0 Å². The summed E-state index contributed by atoms with van der Waals surface area (Å²) in [5.74, 6) is 0.377. The molecule has 0 unspecified atom stereocenters. The Labute approximate surface area is 204 Å². The average Bonchev–Trinajstić information content (AvgIpc) is 2.85. The number of carbonyl (C=O) groups excluding carboxylic acids is 2. The van der Waals surface area contributed by atoms with E-state index in [0.717, 1.165) is 5.69 Å². The van der Waals surface area contributed by atoms with Gasteiger partial charge in [0, 0.05) is 36.0 Å². The molecule has 0 atom stereocenters. The van der Waals surface area contributed by atoms with Gasteiger partial charge in [-0.2, -0.15) is 4.31 Å². The summed E-state index contributed by atoms with van der Waals surface area (Å²) in [5, 5.41) is 0.0936. The molecule has 0 radical (unpaired) electrons. The van der Waals surface area contributed by atoms with E-state index in [2.05, 4.69) is 4.98 Å². The summed E-state index contributed by atoms with van der Waals surface area (Å²) in [6.45, 7) is 2.35. The number of hydrogen-bond acceptors (Lipinski definition) is 5. The van der Waals surface area contributed by atoms with Gasteiger partial charge in [-0.25, -0.2) is 13.4 Å². The van der Waals surface area contributed by atoms with E-state index in [1.807, 2.05) is 37.3 Å². The molecular formula is C25H24ClN3O4S. The van der Waals surface area contributed by atoms with Crippen molar-refractivity contribution in [2.75, 3.05) is 18.0 Å². The molecule has 4 rings (SSSR count). The van der Waals surface area contributed by atoms with Crippen molar-refractivity contribution in [3.8, 4) is 0 Å². The van der Waals surface area contributed by atoms with Crippen molar-refractivity contribution in [3.05, 3.63) is 88.6 Å². The third-order valence-electron chi connectivity index (χ3n) is 5.89. The number of nitrogens with zero attached hydrogens (tertiary/aromatic N) is 3. The minimum Gasteiger partial charge on any atom is -0.298 e. The summed E-state index contributed by atoms with van der Waals surface area (Å²) in [5.41, 5.74) is 1.57. The maximum Gasteiger partial charge on any atom is 0.259 e. The number of aryl methyl sites for hydroxylation is 1. The molecule has 2 aromatic carbocycles. The number of anilines is 1. The topological polar surface area (TPSA) is 87.7 Å². The molecule has 176 valence electrons. The number of pyridine rings is 1. The largest absolute Gasteiger partial charge is 0.298 e. The fourth-order valence-corrected chi connectivity index (χ4v) is 5.88. The van der Waals surface area contributed by atoms with Crippen LogP contribution in [0.1, 0.15) is 39.3 Å². The first-order valence-electron chi connectivity index (χ1n) is 10.9. The first kappa shape index (κ1) is 24.1. The average molecular weight is 498 g/mol. The smallest absolute Gasteiger partial charge is 0.259 e. The van der Waals surface area contributed by atoms with Gasteiger partial charge in [0.05, 0.1) is 9.92 Å². The van der Waals surface area contributed by atoms with Gasteiger partial charge in [-0.15, -0.1) is 0 Å². The number of halogens is 1. The van der Waals surface area contributed by atoms with Crippen LogP contribution in [0.5, 0.6) is 0 Å².